The number of aryl methyl sites for hydroxylation is 1. The van der Waals surface area contributed by atoms with Crippen LogP contribution in [0.15, 0.2) is 84.9 Å². The standard InChI is InChI=1S/C27H28O.C5H12/c1-2-3-5-8-23-11-16-25(17-12-23)26-18-13-24(14-19-26)21-27(28)20-15-22-9-6-4-7-10-22;1-3-5-4-2/h4,6-7,9-20H,2-3,5,8,21H2,1H3;3-5H2,1-2H3/b20-15+;. The summed E-state index contributed by atoms with van der Waals surface area (Å²) in [6.07, 6.45) is 13.0. The molecule has 0 saturated carbocycles. The first kappa shape index (κ1) is 26.3. The normalized spacial score (nSPS) is 10.6. The zero-order valence-electron chi connectivity index (χ0n) is 20.7. The van der Waals surface area contributed by atoms with E-state index in [1.165, 1.54) is 55.2 Å². The summed E-state index contributed by atoms with van der Waals surface area (Å²) in [7, 11) is 0. The van der Waals surface area contributed by atoms with Gasteiger partial charge < -0.3 is 0 Å². The van der Waals surface area contributed by atoms with Crippen LogP contribution >= 0.6 is 0 Å². The number of benzene rings is 3. The molecule has 3 aromatic rings. The first-order chi connectivity index (χ1) is 16.2. The number of allylic oxidation sites excluding steroid dienone is 1. The second kappa shape index (κ2) is 15.8. The van der Waals surface area contributed by atoms with Gasteiger partial charge in [-0.25, -0.2) is 0 Å². The van der Waals surface area contributed by atoms with Gasteiger partial charge in [-0.05, 0) is 46.7 Å². The summed E-state index contributed by atoms with van der Waals surface area (Å²) >= 11 is 0. The Morgan fingerprint density at radius 1 is 0.636 bits per heavy atom. The minimum absolute atomic E-state index is 0.119. The zero-order chi connectivity index (χ0) is 23.7. The van der Waals surface area contributed by atoms with E-state index in [9.17, 15) is 4.79 Å². The van der Waals surface area contributed by atoms with Crippen molar-refractivity contribution in [2.75, 3.05) is 0 Å². The highest BCUT2D eigenvalue weighted by atomic mass is 16.1. The lowest BCUT2D eigenvalue weighted by Gasteiger charge is -2.06. The van der Waals surface area contributed by atoms with Gasteiger partial charge in [0.1, 0.15) is 0 Å². The van der Waals surface area contributed by atoms with Gasteiger partial charge in [-0.1, -0.05) is 138 Å². The van der Waals surface area contributed by atoms with Gasteiger partial charge in [-0.2, -0.15) is 0 Å². The van der Waals surface area contributed by atoms with E-state index in [0.717, 1.165) is 17.5 Å². The van der Waals surface area contributed by atoms with Crippen LogP contribution < -0.4 is 0 Å². The van der Waals surface area contributed by atoms with Crippen molar-refractivity contribution in [2.24, 2.45) is 0 Å². The summed E-state index contributed by atoms with van der Waals surface area (Å²) in [6, 6.07) is 27.1. The largest absolute Gasteiger partial charge is 0.294 e. The van der Waals surface area contributed by atoms with Crippen molar-refractivity contribution < 1.29 is 4.79 Å². The molecule has 0 aromatic heterocycles. The van der Waals surface area contributed by atoms with Crippen LogP contribution in [0.5, 0.6) is 0 Å². The summed E-state index contributed by atoms with van der Waals surface area (Å²) < 4.78 is 0. The second-order valence-electron chi connectivity index (χ2n) is 8.59. The van der Waals surface area contributed by atoms with Crippen molar-refractivity contribution in [1.29, 1.82) is 0 Å². The van der Waals surface area contributed by atoms with E-state index in [0.29, 0.717) is 6.42 Å². The van der Waals surface area contributed by atoms with Gasteiger partial charge in [0.25, 0.3) is 0 Å². The molecular weight excluding hydrogens is 400 g/mol. The molecule has 0 amide bonds. The third-order valence-corrected chi connectivity index (χ3v) is 5.66. The maximum atomic E-state index is 12.2. The number of ketones is 1. The van der Waals surface area contributed by atoms with Crippen molar-refractivity contribution in [3.05, 3.63) is 102 Å². The molecule has 0 heterocycles. The van der Waals surface area contributed by atoms with Gasteiger partial charge in [-0.3, -0.25) is 4.79 Å². The topological polar surface area (TPSA) is 17.1 Å². The van der Waals surface area contributed by atoms with Gasteiger partial charge in [-0.15, -0.1) is 0 Å². The molecule has 0 saturated heterocycles. The average molecular weight is 441 g/mol. The quantitative estimate of drug-likeness (QED) is 0.215. The molecule has 3 aromatic carbocycles. The third-order valence-electron chi connectivity index (χ3n) is 5.66. The summed E-state index contributed by atoms with van der Waals surface area (Å²) in [4.78, 5) is 12.2. The number of carbonyl (C=O) groups is 1. The lowest BCUT2D eigenvalue weighted by Crippen LogP contribution is -1.98. The van der Waals surface area contributed by atoms with Crippen LogP contribution in [0.3, 0.4) is 0 Å². The summed E-state index contributed by atoms with van der Waals surface area (Å²) in [5.41, 5.74) is 5.91. The Hall–Kier alpha value is -2.93. The number of hydrogen-bond donors (Lipinski definition) is 0. The van der Waals surface area contributed by atoms with E-state index in [4.69, 9.17) is 0 Å². The van der Waals surface area contributed by atoms with Crippen molar-refractivity contribution in [3.63, 3.8) is 0 Å². The van der Waals surface area contributed by atoms with Gasteiger partial charge in [0, 0.05) is 6.42 Å². The molecule has 174 valence electrons. The average Bonchev–Trinajstić information content (AvgIpc) is 2.85. The molecule has 0 atom stereocenters. The minimum atomic E-state index is 0.119. The van der Waals surface area contributed by atoms with Crippen LogP contribution in [0, 0.1) is 0 Å². The van der Waals surface area contributed by atoms with Crippen molar-refractivity contribution >= 4 is 11.9 Å². The summed E-state index contributed by atoms with van der Waals surface area (Å²) in [5.74, 6) is 0.119. The smallest absolute Gasteiger partial charge is 0.160 e. The van der Waals surface area contributed by atoms with Crippen LogP contribution in [0.4, 0.5) is 0 Å². The van der Waals surface area contributed by atoms with Gasteiger partial charge in [0.2, 0.25) is 0 Å². The Labute approximate surface area is 201 Å². The number of hydrogen-bond acceptors (Lipinski definition) is 1. The Kier molecular flexibility index (Phi) is 12.6. The van der Waals surface area contributed by atoms with E-state index in [2.05, 4.69) is 69.3 Å². The molecule has 33 heavy (non-hydrogen) atoms. The molecule has 0 aliphatic rings. The second-order valence-corrected chi connectivity index (χ2v) is 8.59. The molecule has 0 spiro atoms. The van der Waals surface area contributed by atoms with Crippen LogP contribution in [0.1, 0.15) is 76.0 Å². The molecule has 0 bridgehead atoms. The lowest BCUT2D eigenvalue weighted by atomic mass is 9.99. The monoisotopic (exact) mass is 440 g/mol. The highest BCUT2D eigenvalue weighted by Gasteiger charge is 2.03. The minimum Gasteiger partial charge on any atom is -0.294 e. The highest BCUT2D eigenvalue weighted by molar-refractivity contribution is 5.95. The first-order valence-electron chi connectivity index (χ1n) is 12.6. The fraction of sp³-hybridized carbons (Fsp3) is 0.344. The Morgan fingerprint density at radius 3 is 1.70 bits per heavy atom. The van der Waals surface area contributed by atoms with E-state index in [-0.39, 0.29) is 5.78 Å². The van der Waals surface area contributed by atoms with Crippen LogP contribution in [0.25, 0.3) is 17.2 Å². The molecule has 1 heteroatoms. The predicted molar refractivity (Wildman–Crippen MR) is 144 cm³/mol. The van der Waals surface area contributed by atoms with Gasteiger partial charge in [0.05, 0.1) is 0 Å². The van der Waals surface area contributed by atoms with Crippen molar-refractivity contribution in [3.8, 4) is 11.1 Å². The SMILES string of the molecule is CCCCC.CCCCCc1ccc(-c2ccc(CC(=O)/C=C/c3ccccc3)cc2)cc1. The molecule has 0 aliphatic carbocycles. The van der Waals surface area contributed by atoms with E-state index >= 15 is 0 Å². The Morgan fingerprint density at radius 2 is 1.18 bits per heavy atom. The number of rotatable bonds is 11. The molecule has 0 unspecified atom stereocenters. The van der Waals surface area contributed by atoms with Crippen LogP contribution in [-0.4, -0.2) is 5.78 Å². The van der Waals surface area contributed by atoms with Crippen molar-refractivity contribution in [2.45, 2.75) is 72.1 Å². The Balaban J connectivity index is 0.000000696. The lowest BCUT2D eigenvalue weighted by molar-refractivity contribution is -0.113. The van der Waals surface area contributed by atoms with E-state index in [1.807, 2.05) is 36.4 Å². The number of unbranched alkanes of at least 4 members (excludes halogenated alkanes) is 4. The van der Waals surface area contributed by atoms with E-state index < -0.39 is 0 Å². The zero-order valence-corrected chi connectivity index (χ0v) is 20.7. The maximum Gasteiger partial charge on any atom is 0.160 e. The number of carbonyl (C=O) groups excluding carboxylic acids is 1. The van der Waals surface area contributed by atoms with Crippen molar-refractivity contribution in [1.82, 2.24) is 0 Å². The first-order valence-corrected chi connectivity index (χ1v) is 12.6. The van der Waals surface area contributed by atoms with E-state index in [1.54, 1.807) is 6.08 Å². The van der Waals surface area contributed by atoms with Gasteiger partial charge in [0.15, 0.2) is 5.78 Å². The maximum absolute atomic E-state index is 12.2. The molecular formula is C32H40O. The van der Waals surface area contributed by atoms with Crippen LogP contribution in [0.2, 0.25) is 0 Å². The molecule has 0 fully saturated rings. The summed E-state index contributed by atoms with van der Waals surface area (Å²) in [5, 5.41) is 0. The molecule has 3 rings (SSSR count). The Bertz CT molecular complexity index is 932. The third kappa shape index (κ3) is 10.5. The molecule has 0 radical (unpaired) electrons. The molecule has 0 N–H and O–H groups in total. The van der Waals surface area contributed by atoms with Gasteiger partial charge >= 0.3 is 0 Å². The highest BCUT2D eigenvalue weighted by Crippen LogP contribution is 2.21. The predicted octanol–water partition coefficient (Wildman–Crippen LogP) is 9.11. The molecule has 1 nitrogen and oxygen atoms in total. The fourth-order valence-electron chi connectivity index (χ4n) is 3.63. The molecule has 0 aliphatic heterocycles. The fourth-order valence-corrected chi connectivity index (χ4v) is 3.63. The summed E-state index contributed by atoms with van der Waals surface area (Å²) in [6.45, 7) is 6.66. The van der Waals surface area contributed by atoms with Crippen LogP contribution in [-0.2, 0) is 17.6 Å².